The van der Waals surface area contributed by atoms with Crippen LogP contribution in [-0.2, 0) is 11.3 Å². The van der Waals surface area contributed by atoms with E-state index in [0.717, 1.165) is 16.8 Å². The molecule has 3 amide bonds. The Bertz CT molecular complexity index is 819. The molecule has 1 saturated heterocycles. The van der Waals surface area contributed by atoms with Gasteiger partial charge in [-0.05, 0) is 38.0 Å². The van der Waals surface area contributed by atoms with Crippen LogP contribution in [0.2, 0.25) is 0 Å². The number of piperazine rings is 1. The zero-order valence-electron chi connectivity index (χ0n) is 16.1. The van der Waals surface area contributed by atoms with Crippen LogP contribution < -0.4 is 5.32 Å². The highest BCUT2D eigenvalue weighted by Gasteiger charge is 2.27. The van der Waals surface area contributed by atoms with Crippen molar-refractivity contribution in [3.8, 4) is 0 Å². The second-order valence-electron chi connectivity index (χ2n) is 7.13. The van der Waals surface area contributed by atoms with Gasteiger partial charge in [0.2, 0.25) is 5.91 Å². The fourth-order valence-corrected chi connectivity index (χ4v) is 3.18. The van der Waals surface area contributed by atoms with Crippen molar-refractivity contribution in [1.29, 1.82) is 0 Å². The lowest BCUT2D eigenvalue weighted by molar-refractivity contribution is -0.135. The minimum absolute atomic E-state index is 0.0254. The zero-order valence-corrected chi connectivity index (χ0v) is 16.1. The number of aromatic nitrogens is 1. The lowest BCUT2D eigenvalue weighted by atomic mass is 10.1. The van der Waals surface area contributed by atoms with E-state index in [9.17, 15) is 9.59 Å². The van der Waals surface area contributed by atoms with Gasteiger partial charge in [-0.1, -0.05) is 35.9 Å². The van der Waals surface area contributed by atoms with Crippen molar-refractivity contribution in [1.82, 2.24) is 20.1 Å². The van der Waals surface area contributed by atoms with E-state index in [2.05, 4.69) is 16.4 Å². The van der Waals surface area contributed by atoms with Gasteiger partial charge in [-0.15, -0.1) is 0 Å². The molecule has 2 heterocycles. The molecule has 1 fully saturated rings. The molecule has 1 unspecified atom stereocenters. The van der Waals surface area contributed by atoms with Crippen molar-refractivity contribution in [3.05, 3.63) is 65.0 Å². The summed E-state index contributed by atoms with van der Waals surface area (Å²) in [6, 6.07) is 11.7. The molecule has 6 heteroatoms. The van der Waals surface area contributed by atoms with E-state index in [0.29, 0.717) is 19.6 Å². The lowest BCUT2D eigenvalue weighted by Crippen LogP contribution is -2.54. The Morgan fingerprint density at radius 3 is 2.70 bits per heavy atom. The fraction of sp³-hybridized carbons (Fsp3) is 0.381. The number of hydrogen-bond acceptors (Lipinski definition) is 3. The number of benzene rings is 1. The largest absolute Gasteiger partial charge is 0.335 e. The predicted octanol–water partition coefficient (Wildman–Crippen LogP) is 2.81. The first-order valence-electron chi connectivity index (χ1n) is 9.23. The van der Waals surface area contributed by atoms with Crippen LogP contribution in [0.25, 0.3) is 0 Å². The van der Waals surface area contributed by atoms with Crippen molar-refractivity contribution in [3.63, 3.8) is 0 Å². The Hall–Kier alpha value is -2.89. The van der Waals surface area contributed by atoms with Gasteiger partial charge in [-0.2, -0.15) is 0 Å². The number of rotatable bonds is 4. The van der Waals surface area contributed by atoms with Crippen molar-refractivity contribution in [2.24, 2.45) is 0 Å². The number of urea groups is 1. The second kappa shape index (κ2) is 8.20. The molecule has 3 rings (SSSR count). The van der Waals surface area contributed by atoms with E-state index >= 15 is 0 Å². The molecule has 0 aliphatic carbocycles. The van der Waals surface area contributed by atoms with Gasteiger partial charge in [-0.3, -0.25) is 9.78 Å². The van der Waals surface area contributed by atoms with Gasteiger partial charge in [0, 0.05) is 31.5 Å². The van der Waals surface area contributed by atoms with Crippen LogP contribution in [0, 0.1) is 13.8 Å². The Balaban J connectivity index is 1.54. The van der Waals surface area contributed by atoms with Crippen LogP contribution in [-0.4, -0.2) is 46.4 Å². The number of amides is 3. The highest BCUT2D eigenvalue weighted by atomic mass is 16.2. The highest BCUT2D eigenvalue weighted by Crippen LogP contribution is 2.14. The predicted molar refractivity (Wildman–Crippen MR) is 104 cm³/mol. The standard InChI is InChI=1S/C21H26N4O2/c1-15-5-4-6-18(11-15)13-24-9-10-25(14-20(24)26)21(27)23-17(3)19-8-7-16(2)22-12-19/h4-8,11-12,17H,9-10,13-14H2,1-3H3,(H,23,27). The van der Waals surface area contributed by atoms with Gasteiger partial charge in [0.15, 0.2) is 0 Å². The van der Waals surface area contributed by atoms with Crippen LogP contribution >= 0.6 is 0 Å². The number of aryl methyl sites for hydroxylation is 2. The van der Waals surface area contributed by atoms with E-state index in [1.54, 1.807) is 11.1 Å². The summed E-state index contributed by atoms with van der Waals surface area (Å²) in [6.07, 6.45) is 1.77. The quantitative estimate of drug-likeness (QED) is 0.905. The summed E-state index contributed by atoms with van der Waals surface area (Å²) >= 11 is 0. The summed E-state index contributed by atoms with van der Waals surface area (Å²) in [6.45, 7) is 7.65. The van der Waals surface area contributed by atoms with Crippen LogP contribution in [0.1, 0.15) is 35.3 Å². The van der Waals surface area contributed by atoms with E-state index in [4.69, 9.17) is 0 Å². The van der Waals surface area contributed by atoms with Crippen molar-refractivity contribution >= 4 is 11.9 Å². The SMILES string of the molecule is Cc1cccc(CN2CCN(C(=O)NC(C)c3ccc(C)nc3)CC2=O)c1. The molecule has 1 N–H and O–H groups in total. The number of carbonyl (C=O) groups excluding carboxylic acids is 2. The van der Waals surface area contributed by atoms with E-state index in [-0.39, 0.29) is 24.5 Å². The molecule has 0 bridgehead atoms. The molecule has 0 spiro atoms. The molecule has 1 aliphatic heterocycles. The normalized spacial score (nSPS) is 15.6. The van der Waals surface area contributed by atoms with Gasteiger partial charge in [-0.25, -0.2) is 4.79 Å². The van der Waals surface area contributed by atoms with Gasteiger partial charge in [0.05, 0.1) is 6.04 Å². The monoisotopic (exact) mass is 366 g/mol. The van der Waals surface area contributed by atoms with Crippen LogP contribution in [0.5, 0.6) is 0 Å². The molecule has 1 atom stereocenters. The number of hydrogen-bond donors (Lipinski definition) is 1. The Kier molecular flexibility index (Phi) is 5.74. The Morgan fingerprint density at radius 2 is 2.04 bits per heavy atom. The maximum atomic E-state index is 12.5. The van der Waals surface area contributed by atoms with E-state index in [1.807, 2.05) is 56.0 Å². The average Bonchev–Trinajstić information content (AvgIpc) is 2.64. The smallest absolute Gasteiger partial charge is 0.318 e. The van der Waals surface area contributed by atoms with Crippen LogP contribution in [0.4, 0.5) is 4.79 Å². The lowest BCUT2D eigenvalue weighted by Gasteiger charge is -2.35. The van der Waals surface area contributed by atoms with E-state index in [1.165, 1.54) is 5.56 Å². The topological polar surface area (TPSA) is 65.5 Å². The molecule has 142 valence electrons. The third kappa shape index (κ3) is 4.84. The molecule has 1 aliphatic rings. The zero-order chi connectivity index (χ0) is 19.4. The average molecular weight is 366 g/mol. The molecule has 6 nitrogen and oxygen atoms in total. The number of nitrogens with zero attached hydrogens (tertiary/aromatic N) is 3. The van der Waals surface area contributed by atoms with Crippen molar-refractivity contribution < 1.29 is 9.59 Å². The number of carbonyl (C=O) groups is 2. The van der Waals surface area contributed by atoms with Gasteiger partial charge in [0.25, 0.3) is 0 Å². The summed E-state index contributed by atoms with van der Waals surface area (Å²) in [5.41, 5.74) is 4.17. The van der Waals surface area contributed by atoms with Crippen LogP contribution in [0.3, 0.4) is 0 Å². The molecule has 0 radical (unpaired) electrons. The Labute approximate surface area is 160 Å². The van der Waals surface area contributed by atoms with Crippen LogP contribution in [0.15, 0.2) is 42.6 Å². The molecule has 27 heavy (non-hydrogen) atoms. The first-order valence-corrected chi connectivity index (χ1v) is 9.23. The first kappa shape index (κ1) is 18.9. The number of pyridine rings is 1. The summed E-state index contributed by atoms with van der Waals surface area (Å²) in [5.74, 6) is -0.0254. The maximum Gasteiger partial charge on any atom is 0.318 e. The fourth-order valence-electron chi connectivity index (χ4n) is 3.18. The third-order valence-electron chi connectivity index (χ3n) is 4.84. The molecular weight excluding hydrogens is 340 g/mol. The number of nitrogens with one attached hydrogen (secondary N) is 1. The second-order valence-corrected chi connectivity index (χ2v) is 7.13. The van der Waals surface area contributed by atoms with Gasteiger partial charge < -0.3 is 15.1 Å². The molecular formula is C21H26N4O2. The summed E-state index contributed by atoms with van der Waals surface area (Å²) in [4.78, 5) is 32.7. The highest BCUT2D eigenvalue weighted by molar-refractivity contribution is 5.85. The summed E-state index contributed by atoms with van der Waals surface area (Å²) in [5, 5.41) is 2.95. The third-order valence-corrected chi connectivity index (χ3v) is 4.84. The molecule has 1 aromatic carbocycles. The van der Waals surface area contributed by atoms with Crippen molar-refractivity contribution in [2.45, 2.75) is 33.4 Å². The molecule has 2 aromatic rings. The first-order chi connectivity index (χ1) is 12.9. The summed E-state index contributed by atoms with van der Waals surface area (Å²) < 4.78 is 0. The summed E-state index contributed by atoms with van der Waals surface area (Å²) in [7, 11) is 0. The van der Waals surface area contributed by atoms with Gasteiger partial charge >= 0.3 is 6.03 Å². The van der Waals surface area contributed by atoms with Crippen molar-refractivity contribution in [2.75, 3.05) is 19.6 Å². The van der Waals surface area contributed by atoms with Gasteiger partial charge in [0.1, 0.15) is 6.54 Å². The Morgan fingerprint density at radius 1 is 1.22 bits per heavy atom. The maximum absolute atomic E-state index is 12.5. The molecule has 0 saturated carbocycles. The minimum Gasteiger partial charge on any atom is -0.335 e. The van der Waals surface area contributed by atoms with E-state index < -0.39 is 0 Å². The molecule has 1 aromatic heterocycles. The minimum atomic E-state index is -0.216.